The number of aliphatic hydroxyl groups is 2. The normalized spacial score (nSPS) is 47.9. The molecule has 2 N–H and O–H groups in total. The summed E-state index contributed by atoms with van der Waals surface area (Å²) in [5.74, 6) is -0.812. The molecule has 0 bridgehead atoms. The number of carbonyl (C=O) groups is 2. The number of allylic oxidation sites excluding steroid dienone is 1. The van der Waals surface area contributed by atoms with Gasteiger partial charge in [0, 0.05) is 65.5 Å². The molecule has 4 aliphatic carbocycles. The van der Waals surface area contributed by atoms with E-state index >= 15 is 0 Å². The van der Waals surface area contributed by atoms with E-state index in [0.717, 1.165) is 19.3 Å². The molecule has 1 aromatic carbocycles. The lowest BCUT2D eigenvalue weighted by molar-refractivity contribution is -0.347. The maximum atomic E-state index is 13.7. The maximum Gasteiger partial charge on any atom is 0.338 e. The Balaban J connectivity index is 0.793. The Bertz CT molecular complexity index is 2080. The molecule has 24 atom stereocenters. The van der Waals surface area contributed by atoms with Gasteiger partial charge in [-0.25, -0.2) is 4.79 Å². The van der Waals surface area contributed by atoms with Crippen molar-refractivity contribution in [2.24, 2.45) is 28.6 Å². The van der Waals surface area contributed by atoms with Crippen molar-refractivity contribution in [2.45, 2.75) is 235 Å². The average molecular weight is 1030 g/mol. The molecule has 8 aliphatic rings. The van der Waals surface area contributed by atoms with E-state index in [9.17, 15) is 19.8 Å². The minimum atomic E-state index is -1.17. The number of hydrogen-bond acceptors (Lipinski definition) is 17. The van der Waals surface area contributed by atoms with E-state index in [2.05, 4.69) is 13.0 Å². The van der Waals surface area contributed by atoms with Crippen LogP contribution in [0.5, 0.6) is 0 Å². The van der Waals surface area contributed by atoms with Gasteiger partial charge in [0.05, 0.1) is 66.1 Å². The number of rotatable bonds is 15. The molecular weight excluding hydrogens is 945 g/mol. The summed E-state index contributed by atoms with van der Waals surface area (Å²) in [4.78, 5) is 26.9. The summed E-state index contributed by atoms with van der Waals surface area (Å²) in [5.41, 5.74) is -0.558. The highest BCUT2D eigenvalue weighted by molar-refractivity contribution is 5.89. The third-order valence-corrected chi connectivity index (χ3v) is 19.1. The summed E-state index contributed by atoms with van der Waals surface area (Å²) in [7, 11) is 6.56. The molecule has 0 unspecified atom stereocenters. The molecule has 4 heterocycles. The largest absolute Gasteiger partial charge is 0.458 e. The molecule has 4 aliphatic heterocycles. The fraction of sp³-hybridized carbons (Fsp3) is 0.821. The lowest BCUT2D eigenvalue weighted by atomic mass is 9.45. The van der Waals surface area contributed by atoms with Crippen molar-refractivity contribution in [3.63, 3.8) is 0 Å². The molecule has 7 fully saturated rings. The lowest BCUT2D eigenvalue weighted by Gasteiger charge is -2.63. The summed E-state index contributed by atoms with van der Waals surface area (Å²) in [5, 5.41) is 23.4. The van der Waals surface area contributed by atoms with Gasteiger partial charge in [-0.05, 0) is 109 Å². The predicted molar refractivity (Wildman–Crippen MR) is 263 cm³/mol. The van der Waals surface area contributed by atoms with Crippen LogP contribution in [0.15, 0.2) is 42.0 Å². The first-order valence-corrected chi connectivity index (χ1v) is 27.1. The number of aliphatic hydroxyl groups excluding tert-OH is 1. The maximum absolute atomic E-state index is 13.7. The third kappa shape index (κ3) is 10.5. The fourth-order valence-electron chi connectivity index (χ4n) is 14.9. The van der Waals surface area contributed by atoms with Crippen molar-refractivity contribution >= 4 is 11.8 Å². The van der Waals surface area contributed by atoms with Crippen LogP contribution in [0.2, 0.25) is 0 Å². The first kappa shape index (κ1) is 55.3. The Morgan fingerprint density at radius 1 is 0.630 bits per heavy atom. The van der Waals surface area contributed by atoms with Crippen molar-refractivity contribution in [3.05, 3.63) is 47.5 Å². The lowest BCUT2D eigenvalue weighted by Crippen LogP contribution is -2.66. The molecule has 0 radical (unpaired) electrons. The van der Waals surface area contributed by atoms with Crippen molar-refractivity contribution < 1.29 is 81.4 Å². The molecule has 0 amide bonds. The van der Waals surface area contributed by atoms with E-state index in [1.165, 1.54) is 5.57 Å². The van der Waals surface area contributed by atoms with E-state index in [0.29, 0.717) is 56.9 Å². The second kappa shape index (κ2) is 22.5. The van der Waals surface area contributed by atoms with Crippen LogP contribution >= 0.6 is 0 Å². The van der Waals surface area contributed by atoms with Crippen LogP contribution in [0.4, 0.5) is 0 Å². The van der Waals surface area contributed by atoms with Crippen molar-refractivity contribution in [2.75, 3.05) is 28.4 Å². The summed E-state index contributed by atoms with van der Waals surface area (Å²) in [6.07, 6.45) is 0.353. The molecule has 1 aromatic rings. The van der Waals surface area contributed by atoms with Crippen LogP contribution in [0.1, 0.15) is 129 Å². The molecular formula is C56H84O17. The topological polar surface area (TPSA) is 195 Å². The summed E-state index contributed by atoms with van der Waals surface area (Å²) >= 11 is 0. The Morgan fingerprint density at radius 3 is 1.63 bits per heavy atom. The number of fused-ring (bicyclic) bond motifs is 5. The monoisotopic (exact) mass is 1030 g/mol. The number of esters is 1. The zero-order valence-corrected chi connectivity index (χ0v) is 44.9. The van der Waals surface area contributed by atoms with Gasteiger partial charge in [0.2, 0.25) is 0 Å². The SMILES string of the molecule is CO[C@H]1C[C@H](O[C@H]2CC[C@@]3(C)C(=CC[C@@H]4[C@@H]3C[C@@H](OC(=O)c3ccccc3)[C@]3(C)[C@H](C(C)=O)CC[C@]43O)C2)O[C@H](C)[C@H]1O[C@H]1C[C@@H](OC)[C@H](O[C@H]2C[C@@H](OC)[C@H](O[C@H]3C[C@@H](OC)[C@H](O)[C@@H](C)O3)[C@@H](C)O2)[C@@H](C)O1. The Kier molecular flexibility index (Phi) is 17.0. The number of Topliss-reactive ketones (excluding diaryl/α,β-unsaturated/α-hetero) is 1. The van der Waals surface area contributed by atoms with E-state index in [1.54, 1.807) is 54.4 Å². The molecule has 73 heavy (non-hydrogen) atoms. The predicted octanol–water partition coefficient (Wildman–Crippen LogP) is 6.61. The first-order chi connectivity index (χ1) is 34.8. The third-order valence-electron chi connectivity index (χ3n) is 19.1. The van der Waals surface area contributed by atoms with Crippen LogP contribution in [0.25, 0.3) is 0 Å². The van der Waals surface area contributed by atoms with E-state index < -0.39 is 103 Å². The number of ether oxygens (including phenoxy) is 13. The van der Waals surface area contributed by atoms with Gasteiger partial charge in [0.15, 0.2) is 25.2 Å². The molecule has 17 nitrogen and oxygen atoms in total. The summed E-state index contributed by atoms with van der Waals surface area (Å²) in [6, 6.07) is 8.99. The highest BCUT2D eigenvalue weighted by Crippen LogP contribution is 2.69. The molecule has 410 valence electrons. The van der Waals surface area contributed by atoms with Gasteiger partial charge in [0.1, 0.15) is 36.3 Å². The van der Waals surface area contributed by atoms with Gasteiger partial charge in [-0.3, -0.25) is 4.79 Å². The van der Waals surface area contributed by atoms with Gasteiger partial charge in [0.25, 0.3) is 0 Å². The molecule has 0 aromatic heterocycles. The first-order valence-electron chi connectivity index (χ1n) is 27.1. The summed E-state index contributed by atoms with van der Waals surface area (Å²) in [6.45, 7) is 13.6. The second-order valence-electron chi connectivity index (χ2n) is 22.9. The number of benzene rings is 1. The Hall–Kier alpha value is -2.46. The molecule has 0 spiro atoms. The van der Waals surface area contributed by atoms with E-state index in [-0.39, 0.29) is 53.6 Å². The van der Waals surface area contributed by atoms with Crippen molar-refractivity contribution in [1.29, 1.82) is 0 Å². The number of methoxy groups -OCH3 is 4. The van der Waals surface area contributed by atoms with Crippen LogP contribution < -0.4 is 0 Å². The van der Waals surface area contributed by atoms with Gasteiger partial charge in [-0.2, -0.15) is 0 Å². The van der Waals surface area contributed by atoms with Gasteiger partial charge in [-0.1, -0.05) is 43.7 Å². The summed E-state index contributed by atoms with van der Waals surface area (Å²) < 4.78 is 82.0. The molecule has 9 rings (SSSR count). The highest BCUT2D eigenvalue weighted by Gasteiger charge is 2.71. The van der Waals surface area contributed by atoms with Crippen LogP contribution in [0, 0.1) is 28.6 Å². The second-order valence-corrected chi connectivity index (χ2v) is 22.9. The fourth-order valence-corrected chi connectivity index (χ4v) is 14.9. The quantitative estimate of drug-likeness (QED) is 0.141. The van der Waals surface area contributed by atoms with Gasteiger partial charge >= 0.3 is 5.97 Å². The molecule has 4 saturated heterocycles. The minimum Gasteiger partial charge on any atom is -0.458 e. The van der Waals surface area contributed by atoms with Crippen LogP contribution in [0.3, 0.4) is 0 Å². The number of hydrogen-bond donors (Lipinski definition) is 2. The van der Waals surface area contributed by atoms with Gasteiger partial charge in [-0.15, -0.1) is 0 Å². The standard InChI is InChI=1S/C56H84O17/c1-29(57)37-20-22-56(60)38-18-17-35-23-36(19-21-54(35,6)39(38)24-44(55(37,56)7)70-53(59)34-15-13-12-14-16-34)69-45-26-41(62-9)50(31(3)66-45)72-47-28-43(64-11)52(33(5)68-47)73-48-27-42(63-10)51(32(4)67-48)71-46-25-40(61-8)49(58)30(2)65-46/h12-17,30-33,36-52,58,60H,18-28H2,1-11H3/t30-,31-,32-,33-,36+,37+,38-,39+,40-,41+,42-,43-,44-,45+,46+,47+,48+,49-,50-,51-,52-,54+,55+,56+/m1/s1. The Labute approximate surface area is 431 Å². The average Bonchev–Trinajstić information content (AvgIpc) is 3.66. The van der Waals surface area contributed by atoms with Gasteiger partial charge < -0.3 is 71.8 Å². The Morgan fingerprint density at radius 2 is 1.12 bits per heavy atom. The van der Waals surface area contributed by atoms with Crippen molar-refractivity contribution in [1.82, 2.24) is 0 Å². The van der Waals surface area contributed by atoms with E-state index in [1.807, 2.05) is 45.9 Å². The number of carbonyl (C=O) groups excluding carboxylic acids is 2. The molecule has 17 heteroatoms. The minimum absolute atomic E-state index is 0.0348. The van der Waals surface area contributed by atoms with Crippen LogP contribution in [-0.4, -0.2) is 167 Å². The van der Waals surface area contributed by atoms with E-state index in [4.69, 9.17) is 61.6 Å². The highest BCUT2D eigenvalue weighted by atomic mass is 16.8. The van der Waals surface area contributed by atoms with Crippen molar-refractivity contribution in [3.8, 4) is 0 Å². The van der Waals surface area contributed by atoms with Crippen LogP contribution in [-0.2, 0) is 66.4 Å². The zero-order valence-electron chi connectivity index (χ0n) is 44.9. The smallest absolute Gasteiger partial charge is 0.338 e. The number of ketones is 1. The molecule has 3 saturated carbocycles. The zero-order chi connectivity index (χ0) is 52.1.